The van der Waals surface area contributed by atoms with Crippen LogP contribution in [-0.4, -0.2) is 14.2 Å². The molecule has 0 fully saturated rings. The van der Waals surface area contributed by atoms with E-state index >= 15 is 0 Å². The van der Waals surface area contributed by atoms with Gasteiger partial charge in [-0.15, -0.1) is 0 Å². The van der Waals surface area contributed by atoms with E-state index in [0.29, 0.717) is 11.4 Å². The Morgan fingerprint density at radius 2 is 1.79 bits per heavy atom. The first-order chi connectivity index (χ1) is 9.01. The molecule has 2 rings (SSSR count). The predicted octanol–water partition coefficient (Wildman–Crippen LogP) is 2.99. The summed E-state index contributed by atoms with van der Waals surface area (Å²) in [5.41, 5.74) is 0.865. The summed E-state index contributed by atoms with van der Waals surface area (Å²) in [6.45, 7) is 4.11. The molecule has 0 saturated carbocycles. The largest absolute Gasteiger partial charge is 0.465 e. The Morgan fingerprint density at radius 3 is 2.32 bits per heavy atom. The normalized spacial score (nSPS) is 11.5. The van der Waals surface area contributed by atoms with Crippen LogP contribution in [0.15, 0.2) is 45.7 Å². The molecule has 102 valence electrons. The molecule has 0 aliphatic heterocycles. The fraction of sp³-hybridized carbons (Fsp3) is 0.286. The van der Waals surface area contributed by atoms with Crippen LogP contribution in [0.3, 0.4) is 0 Å². The molecule has 2 aromatic rings. The highest BCUT2D eigenvalue weighted by Crippen LogP contribution is 2.16. The molecule has 1 heterocycles. The SMILES string of the molecule is CCS(=O)(=O)c1ccc(NCc2ccc(C)o2)cc1. The van der Waals surface area contributed by atoms with Gasteiger partial charge in [0.15, 0.2) is 9.84 Å². The summed E-state index contributed by atoms with van der Waals surface area (Å²) < 4.78 is 28.8. The molecule has 4 nitrogen and oxygen atoms in total. The third-order valence-corrected chi connectivity index (χ3v) is 4.61. The minimum Gasteiger partial charge on any atom is -0.465 e. The molecule has 1 N–H and O–H groups in total. The average molecular weight is 279 g/mol. The fourth-order valence-electron chi connectivity index (χ4n) is 1.72. The minimum absolute atomic E-state index is 0.117. The van der Waals surface area contributed by atoms with E-state index in [1.165, 1.54) is 0 Å². The van der Waals surface area contributed by atoms with E-state index in [4.69, 9.17) is 4.42 Å². The van der Waals surface area contributed by atoms with Crippen LogP contribution in [-0.2, 0) is 16.4 Å². The zero-order valence-corrected chi connectivity index (χ0v) is 11.8. The maximum atomic E-state index is 11.7. The van der Waals surface area contributed by atoms with Gasteiger partial charge in [-0.3, -0.25) is 0 Å². The molecular weight excluding hydrogens is 262 g/mol. The fourth-order valence-corrected chi connectivity index (χ4v) is 2.60. The molecule has 1 aromatic heterocycles. The molecular formula is C14H17NO3S. The van der Waals surface area contributed by atoms with Gasteiger partial charge >= 0.3 is 0 Å². The molecule has 0 aliphatic rings. The summed E-state index contributed by atoms with van der Waals surface area (Å²) in [7, 11) is -3.13. The number of hydrogen-bond acceptors (Lipinski definition) is 4. The third-order valence-electron chi connectivity index (χ3n) is 2.86. The van der Waals surface area contributed by atoms with Crippen LogP contribution in [0.4, 0.5) is 5.69 Å². The number of sulfone groups is 1. The van der Waals surface area contributed by atoms with E-state index in [0.717, 1.165) is 17.2 Å². The van der Waals surface area contributed by atoms with Gasteiger partial charge in [0.05, 0.1) is 17.2 Å². The maximum Gasteiger partial charge on any atom is 0.178 e. The van der Waals surface area contributed by atoms with Crippen molar-refractivity contribution >= 4 is 15.5 Å². The van der Waals surface area contributed by atoms with Crippen molar-refractivity contribution in [3.8, 4) is 0 Å². The molecule has 0 amide bonds. The highest BCUT2D eigenvalue weighted by molar-refractivity contribution is 7.91. The van der Waals surface area contributed by atoms with Gasteiger partial charge in [0.25, 0.3) is 0 Å². The molecule has 0 radical (unpaired) electrons. The predicted molar refractivity (Wildman–Crippen MR) is 74.9 cm³/mol. The summed E-state index contributed by atoms with van der Waals surface area (Å²) in [5.74, 6) is 1.84. The Bertz CT molecular complexity index is 642. The quantitative estimate of drug-likeness (QED) is 0.914. The van der Waals surface area contributed by atoms with Gasteiger partial charge in [0.1, 0.15) is 11.5 Å². The van der Waals surface area contributed by atoms with Gasteiger partial charge in [-0.25, -0.2) is 8.42 Å². The summed E-state index contributed by atoms with van der Waals surface area (Å²) >= 11 is 0. The van der Waals surface area contributed by atoms with Crippen LogP contribution in [0.1, 0.15) is 18.4 Å². The highest BCUT2D eigenvalue weighted by atomic mass is 32.2. The van der Waals surface area contributed by atoms with Crippen molar-refractivity contribution in [1.29, 1.82) is 0 Å². The molecule has 0 unspecified atom stereocenters. The second-order valence-electron chi connectivity index (χ2n) is 4.29. The number of rotatable bonds is 5. The first kappa shape index (κ1) is 13.7. The van der Waals surface area contributed by atoms with E-state index in [9.17, 15) is 8.42 Å². The summed E-state index contributed by atoms with van der Waals surface area (Å²) in [4.78, 5) is 0.356. The van der Waals surface area contributed by atoms with Crippen LogP contribution < -0.4 is 5.32 Å². The van der Waals surface area contributed by atoms with E-state index in [1.54, 1.807) is 31.2 Å². The Kier molecular flexibility index (Phi) is 3.95. The van der Waals surface area contributed by atoms with E-state index in [-0.39, 0.29) is 5.75 Å². The van der Waals surface area contributed by atoms with Gasteiger partial charge < -0.3 is 9.73 Å². The second-order valence-corrected chi connectivity index (χ2v) is 6.57. The zero-order valence-electron chi connectivity index (χ0n) is 11.0. The van der Waals surface area contributed by atoms with Crippen molar-refractivity contribution in [2.45, 2.75) is 25.3 Å². The van der Waals surface area contributed by atoms with Crippen LogP contribution in [0.2, 0.25) is 0 Å². The Morgan fingerprint density at radius 1 is 1.11 bits per heavy atom. The summed E-state index contributed by atoms with van der Waals surface area (Å²) in [6, 6.07) is 10.6. The number of furan rings is 1. The molecule has 5 heteroatoms. The number of benzene rings is 1. The number of nitrogens with one attached hydrogen (secondary N) is 1. The van der Waals surface area contributed by atoms with Gasteiger partial charge in [0, 0.05) is 5.69 Å². The van der Waals surface area contributed by atoms with E-state index < -0.39 is 9.84 Å². The number of hydrogen-bond donors (Lipinski definition) is 1. The first-order valence-electron chi connectivity index (χ1n) is 6.13. The molecule has 19 heavy (non-hydrogen) atoms. The highest BCUT2D eigenvalue weighted by Gasteiger charge is 2.10. The molecule has 0 spiro atoms. The Hall–Kier alpha value is -1.75. The molecule has 0 saturated heterocycles. The van der Waals surface area contributed by atoms with Gasteiger partial charge in [-0.1, -0.05) is 6.92 Å². The number of aryl methyl sites for hydroxylation is 1. The minimum atomic E-state index is -3.13. The van der Waals surface area contributed by atoms with Gasteiger partial charge in [-0.05, 0) is 43.3 Å². The van der Waals surface area contributed by atoms with Crippen molar-refractivity contribution in [2.75, 3.05) is 11.1 Å². The van der Waals surface area contributed by atoms with E-state index in [1.807, 2.05) is 19.1 Å². The van der Waals surface area contributed by atoms with Crippen molar-refractivity contribution in [2.24, 2.45) is 0 Å². The lowest BCUT2D eigenvalue weighted by molar-refractivity contribution is 0.490. The second kappa shape index (κ2) is 5.48. The van der Waals surface area contributed by atoms with Crippen molar-refractivity contribution < 1.29 is 12.8 Å². The Labute approximate surface area is 113 Å². The van der Waals surface area contributed by atoms with Crippen LogP contribution >= 0.6 is 0 Å². The van der Waals surface area contributed by atoms with E-state index in [2.05, 4.69) is 5.32 Å². The standard InChI is InChI=1S/C14H17NO3S/c1-3-19(16,17)14-8-5-12(6-9-14)15-10-13-7-4-11(2)18-13/h4-9,15H,3,10H2,1-2H3. The van der Waals surface area contributed by atoms with Crippen LogP contribution in [0.5, 0.6) is 0 Å². The lowest BCUT2D eigenvalue weighted by Gasteiger charge is -2.06. The summed E-state index contributed by atoms with van der Waals surface area (Å²) in [6.07, 6.45) is 0. The lowest BCUT2D eigenvalue weighted by Crippen LogP contribution is -2.04. The molecule has 0 atom stereocenters. The maximum absolute atomic E-state index is 11.7. The van der Waals surface area contributed by atoms with Crippen LogP contribution in [0, 0.1) is 6.92 Å². The van der Waals surface area contributed by atoms with Crippen molar-refractivity contribution in [3.63, 3.8) is 0 Å². The topological polar surface area (TPSA) is 59.3 Å². The molecule has 0 bridgehead atoms. The third kappa shape index (κ3) is 3.38. The lowest BCUT2D eigenvalue weighted by atomic mass is 10.3. The number of anilines is 1. The van der Waals surface area contributed by atoms with Gasteiger partial charge in [0.2, 0.25) is 0 Å². The van der Waals surface area contributed by atoms with Crippen LogP contribution in [0.25, 0.3) is 0 Å². The van der Waals surface area contributed by atoms with Crippen molar-refractivity contribution in [1.82, 2.24) is 0 Å². The average Bonchev–Trinajstić information content (AvgIpc) is 2.83. The summed E-state index contributed by atoms with van der Waals surface area (Å²) in [5, 5.41) is 3.18. The van der Waals surface area contributed by atoms with Gasteiger partial charge in [-0.2, -0.15) is 0 Å². The smallest absolute Gasteiger partial charge is 0.178 e. The molecule has 0 aliphatic carbocycles. The first-order valence-corrected chi connectivity index (χ1v) is 7.78. The molecule has 1 aromatic carbocycles. The Balaban J connectivity index is 2.03. The zero-order chi connectivity index (χ0) is 13.9. The van der Waals surface area contributed by atoms with Crippen molar-refractivity contribution in [3.05, 3.63) is 47.9 Å². The monoisotopic (exact) mass is 279 g/mol.